The normalized spacial score (nSPS) is 11.5. The van der Waals surface area contributed by atoms with Gasteiger partial charge in [-0.2, -0.15) is 0 Å². The van der Waals surface area contributed by atoms with Crippen LogP contribution in [-0.2, 0) is 12.6 Å². The van der Waals surface area contributed by atoms with Gasteiger partial charge in [0.05, 0.1) is 5.56 Å². The third-order valence-electron chi connectivity index (χ3n) is 4.10. The lowest BCUT2D eigenvalue weighted by molar-refractivity contribution is 0.0833. The summed E-state index contributed by atoms with van der Waals surface area (Å²) >= 11 is 0. The SMILES string of the molecule is Cn1c(-c2ccc(C=O)cc2F)nnc1C(C)(C)Oc1c(F)cc(F)cc1F. The first-order chi connectivity index (χ1) is 13.1. The highest BCUT2D eigenvalue weighted by Crippen LogP contribution is 2.32. The summed E-state index contributed by atoms with van der Waals surface area (Å²) in [6, 6.07) is 4.85. The van der Waals surface area contributed by atoms with Crippen molar-refractivity contribution in [3.05, 3.63) is 65.0 Å². The molecule has 0 aliphatic rings. The topological polar surface area (TPSA) is 57.0 Å². The minimum Gasteiger partial charge on any atom is -0.474 e. The molecular weight excluding hydrogens is 378 g/mol. The second kappa shape index (κ2) is 7.06. The molecule has 0 unspecified atom stereocenters. The van der Waals surface area contributed by atoms with Crippen molar-refractivity contribution in [1.29, 1.82) is 0 Å². The van der Waals surface area contributed by atoms with Crippen molar-refractivity contribution in [2.24, 2.45) is 7.05 Å². The largest absolute Gasteiger partial charge is 0.474 e. The lowest BCUT2D eigenvalue weighted by atomic mass is 10.1. The van der Waals surface area contributed by atoms with Crippen molar-refractivity contribution in [2.75, 3.05) is 0 Å². The maximum absolute atomic E-state index is 14.3. The van der Waals surface area contributed by atoms with Crippen LogP contribution in [0, 0.1) is 23.3 Å². The van der Waals surface area contributed by atoms with Gasteiger partial charge in [-0.3, -0.25) is 4.79 Å². The monoisotopic (exact) mass is 393 g/mol. The predicted molar refractivity (Wildman–Crippen MR) is 91.8 cm³/mol. The van der Waals surface area contributed by atoms with Crippen LogP contribution in [0.3, 0.4) is 0 Å². The summed E-state index contributed by atoms with van der Waals surface area (Å²) in [6.45, 7) is 2.96. The number of halogens is 4. The van der Waals surface area contributed by atoms with Crippen LogP contribution in [0.1, 0.15) is 30.0 Å². The molecule has 2 aromatic carbocycles. The molecule has 28 heavy (non-hydrogen) atoms. The van der Waals surface area contributed by atoms with E-state index in [9.17, 15) is 22.4 Å². The summed E-state index contributed by atoms with van der Waals surface area (Å²) in [6.07, 6.45) is 0.512. The van der Waals surface area contributed by atoms with Gasteiger partial charge in [-0.15, -0.1) is 10.2 Å². The molecule has 146 valence electrons. The standard InChI is InChI=1S/C19H15F4N3O2/c1-19(2,28-16-14(22)7-11(20)8-15(16)23)18-25-24-17(26(18)3)12-5-4-10(9-27)6-13(12)21/h4-9H,1-3H3. The molecular formula is C19H15F4N3O2. The van der Waals surface area contributed by atoms with Crippen LogP contribution >= 0.6 is 0 Å². The zero-order valence-electron chi connectivity index (χ0n) is 15.1. The third-order valence-corrected chi connectivity index (χ3v) is 4.10. The minimum absolute atomic E-state index is 0.0850. The lowest BCUT2D eigenvalue weighted by Crippen LogP contribution is -2.30. The average molecular weight is 393 g/mol. The Morgan fingerprint density at radius 1 is 1.00 bits per heavy atom. The van der Waals surface area contributed by atoms with E-state index in [1.165, 1.54) is 37.6 Å². The first-order valence-corrected chi connectivity index (χ1v) is 8.12. The molecule has 5 nitrogen and oxygen atoms in total. The van der Waals surface area contributed by atoms with E-state index in [1.807, 2.05) is 0 Å². The van der Waals surface area contributed by atoms with E-state index < -0.39 is 34.6 Å². The highest BCUT2D eigenvalue weighted by molar-refractivity contribution is 5.76. The second-order valence-corrected chi connectivity index (χ2v) is 6.57. The highest BCUT2D eigenvalue weighted by atomic mass is 19.1. The summed E-state index contributed by atoms with van der Waals surface area (Å²) in [4.78, 5) is 10.8. The van der Waals surface area contributed by atoms with Gasteiger partial charge in [-0.1, -0.05) is 6.07 Å². The number of rotatable bonds is 5. The highest BCUT2D eigenvalue weighted by Gasteiger charge is 2.32. The quantitative estimate of drug-likeness (QED) is 0.482. The van der Waals surface area contributed by atoms with Crippen molar-refractivity contribution < 1.29 is 27.1 Å². The number of carbonyl (C=O) groups excluding carboxylic acids is 1. The maximum atomic E-state index is 14.3. The smallest absolute Gasteiger partial charge is 0.192 e. The van der Waals surface area contributed by atoms with E-state index in [0.717, 1.165) is 6.07 Å². The summed E-state index contributed by atoms with van der Waals surface area (Å²) < 4.78 is 62.1. The van der Waals surface area contributed by atoms with Gasteiger partial charge in [0.2, 0.25) is 0 Å². The van der Waals surface area contributed by atoms with Crippen LogP contribution in [0.4, 0.5) is 17.6 Å². The fourth-order valence-corrected chi connectivity index (χ4v) is 2.80. The third kappa shape index (κ3) is 3.47. The molecule has 0 spiro atoms. The Labute approximate surface area is 157 Å². The maximum Gasteiger partial charge on any atom is 0.192 e. The molecule has 0 fully saturated rings. The number of aldehydes is 1. The van der Waals surface area contributed by atoms with Crippen molar-refractivity contribution in [3.8, 4) is 17.1 Å². The van der Waals surface area contributed by atoms with Gasteiger partial charge in [0.25, 0.3) is 0 Å². The van der Waals surface area contributed by atoms with E-state index in [2.05, 4.69) is 10.2 Å². The van der Waals surface area contributed by atoms with E-state index >= 15 is 0 Å². The first kappa shape index (κ1) is 19.5. The van der Waals surface area contributed by atoms with Crippen LogP contribution in [0.15, 0.2) is 30.3 Å². The van der Waals surface area contributed by atoms with Crippen LogP contribution < -0.4 is 4.74 Å². The number of hydrogen-bond acceptors (Lipinski definition) is 4. The predicted octanol–water partition coefficient (Wildman–Crippen LogP) is 4.17. The lowest BCUT2D eigenvalue weighted by Gasteiger charge is -2.26. The van der Waals surface area contributed by atoms with Crippen molar-refractivity contribution >= 4 is 6.29 Å². The minimum atomic E-state index is -1.39. The Morgan fingerprint density at radius 2 is 1.64 bits per heavy atom. The summed E-state index contributed by atoms with van der Waals surface area (Å²) in [5.41, 5.74) is -1.14. The molecule has 0 aliphatic heterocycles. The Kier molecular flexibility index (Phi) is 4.93. The number of ether oxygens (including phenoxy) is 1. The molecule has 0 radical (unpaired) electrons. The van der Waals surface area contributed by atoms with Gasteiger partial charge in [0.1, 0.15) is 17.9 Å². The molecule has 1 heterocycles. The second-order valence-electron chi connectivity index (χ2n) is 6.57. The Hall–Kier alpha value is -3.23. The van der Waals surface area contributed by atoms with E-state index in [-0.39, 0.29) is 22.8 Å². The molecule has 0 atom stereocenters. The number of carbonyl (C=O) groups is 1. The zero-order valence-corrected chi connectivity index (χ0v) is 15.1. The molecule has 0 bridgehead atoms. The average Bonchev–Trinajstić information content (AvgIpc) is 3.00. The van der Waals surface area contributed by atoms with Crippen LogP contribution in [-0.4, -0.2) is 21.1 Å². The van der Waals surface area contributed by atoms with E-state index in [1.54, 1.807) is 0 Å². The molecule has 0 amide bonds. The van der Waals surface area contributed by atoms with Crippen LogP contribution in [0.2, 0.25) is 0 Å². The molecule has 0 saturated carbocycles. The molecule has 0 N–H and O–H groups in total. The fraction of sp³-hybridized carbons (Fsp3) is 0.211. The Morgan fingerprint density at radius 3 is 2.21 bits per heavy atom. The van der Waals surface area contributed by atoms with Gasteiger partial charge in [-0.25, -0.2) is 17.6 Å². The summed E-state index contributed by atoms with van der Waals surface area (Å²) in [5, 5.41) is 7.88. The molecule has 3 aromatic rings. The van der Waals surface area contributed by atoms with Gasteiger partial charge in [0, 0.05) is 24.7 Å². The fourth-order valence-electron chi connectivity index (χ4n) is 2.80. The van der Waals surface area contributed by atoms with Gasteiger partial charge >= 0.3 is 0 Å². The Bertz CT molecular complexity index is 1040. The van der Waals surface area contributed by atoms with Crippen molar-refractivity contribution in [1.82, 2.24) is 14.8 Å². The van der Waals surface area contributed by atoms with Crippen molar-refractivity contribution in [3.63, 3.8) is 0 Å². The van der Waals surface area contributed by atoms with E-state index in [4.69, 9.17) is 4.74 Å². The van der Waals surface area contributed by atoms with Gasteiger partial charge in [-0.05, 0) is 26.0 Å². The number of benzene rings is 2. The van der Waals surface area contributed by atoms with Gasteiger partial charge < -0.3 is 9.30 Å². The summed E-state index contributed by atoms with van der Waals surface area (Å²) in [5.74, 6) is -4.66. The molecule has 0 saturated heterocycles. The number of nitrogens with zero attached hydrogens (tertiary/aromatic N) is 3. The summed E-state index contributed by atoms with van der Waals surface area (Å²) in [7, 11) is 1.53. The molecule has 9 heteroatoms. The molecule has 1 aromatic heterocycles. The van der Waals surface area contributed by atoms with Crippen molar-refractivity contribution in [2.45, 2.75) is 19.4 Å². The van der Waals surface area contributed by atoms with Gasteiger partial charge in [0.15, 0.2) is 34.6 Å². The Balaban J connectivity index is 2.00. The first-order valence-electron chi connectivity index (χ1n) is 8.12. The van der Waals surface area contributed by atoms with E-state index in [0.29, 0.717) is 18.4 Å². The van der Waals surface area contributed by atoms with Crippen LogP contribution in [0.5, 0.6) is 5.75 Å². The number of aromatic nitrogens is 3. The molecule has 0 aliphatic carbocycles. The van der Waals surface area contributed by atoms with Crippen LogP contribution in [0.25, 0.3) is 11.4 Å². The zero-order chi connectivity index (χ0) is 20.6. The number of hydrogen-bond donors (Lipinski definition) is 0. The molecule has 3 rings (SSSR count).